The minimum Gasteiger partial charge on any atom is -0.317 e. The Kier molecular flexibility index (Phi) is 4.35. The molecule has 0 radical (unpaired) electrons. The van der Waals surface area contributed by atoms with E-state index in [1.54, 1.807) is 11.3 Å². The number of halogens is 1. The Morgan fingerprint density at radius 2 is 2.28 bits per heavy atom. The van der Waals surface area contributed by atoms with Crippen molar-refractivity contribution in [2.45, 2.75) is 25.9 Å². The molecule has 128 valence electrons. The third-order valence-electron chi connectivity index (χ3n) is 4.40. The number of hydrogen-bond donors (Lipinski definition) is 2. The molecule has 2 N–H and O–H groups in total. The molecular formula is C18H17BrN4OS. The second-order valence-electron chi connectivity index (χ2n) is 6.13. The molecule has 5 nitrogen and oxygen atoms in total. The van der Waals surface area contributed by atoms with Gasteiger partial charge >= 0.3 is 6.03 Å². The fourth-order valence-electron chi connectivity index (χ4n) is 3.12. The van der Waals surface area contributed by atoms with Crippen LogP contribution in [-0.2, 0) is 13.0 Å². The molecule has 3 aromatic rings. The summed E-state index contributed by atoms with van der Waals surface area (Å²) in [5.74, 6) is 0. The fourth-order valence-corrected chi connectivity index (χ4v) is 4.26. The van der Waals surface area contributed by atoms with Crippen molar-refractivity contribution >= 4 is 39.0 Å². The predicted octanol–water partition coefficient (Wildman–Crippen LogP) is 4.88. The van der Waals surface area contributed by atoms with Crippen molar-refractivity contribution in [3.63, 3.8) is 0 Å². The lowest BCUT2D eigenvalue weighted by atomic mass is 9.99. The van der Waals surface area contributed by atoms with Gasteiger partial charge in [0, 0.05) is 33.9 Å². The van der Waals surface area contributed by atoms with E-state index in [0.717, 1.165) is 38.4 Å². The van der Waals surface area contributed by atoms with Gasteiger partial charge in [0.2, 0.25) is 0 Å². The van der Waals surface area contributed by atoms with Gasteiger partial charge in [0.1, 0.15) is 5.69 Å². The third kappa shape index (κ3) is 3.21. The number of carbonyl (C=O) groups excluding carboxylic acids is 1. The van der Waals surface area contributed by atoms with Gasteiger partial charge in [-0.2, -0.15) is 5.10 Å². The Balaban J connectivity index is 1.58. The molecule has 0 spiro atoms. The lowest BCUT2D eigenvalue weighted by Gasteiger charge is -2.33. The van der Waals surface area contributed by atoms with Crippen molar-refractivity contribution in [2.75, 3.05) is 5.32 Å². The molecule has 1 aliphatic rings. The zero-order valence-corrected chi connectivity index (χ0v) is 16.0. The van der Waals surface area contributed by atoms with Crippen LogP contribution in [0.5, 0.6) is 0 Å². The maximum atomic E-state index is 12.8. The van der Waals surface area contributed by atoms with E-state index in [-0.39, 0.29) is 12.1 Å². The van der Waals surface area contributed by atoms with Crippen molar-refractivity contribution < 1.29 is 4.79 Å². The van der Waals surface area contributed by atoms with Gasteiger partial charge in [0.15, 0.2) is 0 Å². The largest absolute Gasteiger partial charge is 0.322 e. The van der Waals surface area contributed by atoms with Crippen LogP contribution < -0.4 is 5.32 Å². The molecule has 3 heterocycles. The summed E-state index contributed by atoms with van der Waals surface area (Å²) in [6.07, 6.45) is 0.777. The maximum Gasteiger partial charge on any atom is 0.322 e. The summed E-state index contributed by atoms with van der Waals surface area (Å²) in [7, 11) is 0. The van der Waals surface area contributed by atoms with Crippen LogP contribution in [0.15, 0.2) is 46.3 Å². The van der Waals surface area contributed by atoms with Crippen LogP contribution in [-0.4, -0.2) is 27.2 Å². The summed E-state index contributed by atoms with van der Waals surface area (Å²) in [5.41, 5.74) is 3.98. The van der Waals surface area contributed by atoms with Crippen molar-refractivity contribution in [3.05, 3.63) is 57.5 Å². The van der Waals surface area contributed by atoms with E-state index < -0.39 is 0 Å². The van der Waals surface area contributed by atoms with E-state index >= 15 is 0 Å². The summed E-state index contributed by atoms with van der Waals surface area (Å²) in [4.78, 5) is 15.8. The standard InChI is InChI=1S/C18H17BrN4OS/c1-11-8-15-14(17(22-21-15)16-6-3-7-25-16)10-23(11)18(24)20-13-5-2-4-12(19)9-13/h2-7,9,11H,8,10H2,1H3,(H,20,24)(H,21,22)/t11-/m0/s1. The molecule has 25 heavy (non-hydrogen) atoms. The fraction of sp³-hybridized carbons (Fsp3) is 0.222. The van der Waals surface area contributed by atoms with Crippen LogP contribution in [0, 0.1) is 0 Å². The number of H-pyrrole nitrogens is 1. The van der Waals surface area contributed by atoms with E-state index in [9.17, 15) is 4.79 Å². The van der Waals surface area contributed by atoms with E-state index in [2.05, 4.69) is 44.4 Å². The number of carbonyl (C=O) groups is 1. The zero-order valence-electron chi connectivity index (χ0n) is 13.6. The van der Waals surface area contributed by atoms with Gasteiger partial charge in [0.25, 0.3) is 0 Å². The molecule has 1 atom stereocenters. The van der Waals surface area contributed by atoms with Crippen LogP contribution in [0.25, 0.3) is 10.6 Å². The maximum absolute atomic E-state index is 12.8. The molecule has 1 aromatic carbocycles. The Bertz CT molecular complexity index is 906. The molecule has 0 bridgehead atoms. The first-order valence-corrected chi connectivity index (χ1v) is 9.72. The summed E-state index contributed by atoms with van der Waals surface area (Å²) in [5, 5.41) is 12.7. The smallest absolute Gasteiger partial charge is 0.317 e. The number of fused-ring (bicyclic) bond motifs is 1. The van der Waals surface area contributed by atoms with Crippen LogP contribution in [0.1, 0.15) is 18.2 Å². The van der Waals surface area contributed by atoms with Crippen LogP contribution in [0.4, 0.5) is 10.5 Å². The second-order valence-corrected chi connectivity index (χ2v) is 7.99. The van der Waals surface area contributed by atoms with Gasteiger partial charge in [-0.15, -0.1) is 11.3 Å². The highest BCUT2D eigenvalue weighted by atomic mass is 79.9. The Morgan fingerprint density at radius 3 is 3.04 bits per heavy atom. The first-order chi connectivity index (χ1) is 12.1. The Hall–Kier alpha value is -2.12. The zero-order chi connectivity index (χ0) is 17.4. The van der Waals surface area contributed by atoms with Crippen LogP contribution >= 0.6 is 27.3 Å². The minimum absolute atomic E-state index is 0.0884. The SMILES string of the molecule is C[C@H]1Cc2[nH]nc(-c3cccs3)c2CN1C(=O)Nc1cccc(Br)c1. The predicted molar refractivity (Wildman–Crippen MR) is 104 cm³/mol. The molecule has 0 fully saturated rings. The highest BCUT2D eigenvalue weighted by molar-refractivity contribution is 9.10. The van der Waals surface area contributed by atoms with E-state index in [4.69, 9.17) is 0 Å². The summed E-state index contributed by atoms with van der Waals surface area (Å²) in [6.45, 7) is 2.62. The van der Waals surface area contributed by atoms with Crippen molar-refractivity contribution in [2.24, 2.45) is 0 Å². The highest BCUT2D eigenvalue weighted by Crippen LogP contribution is 2.33. The van der Waals surface area contributed by atoms with Gasteiger partial charge in [-0.1, -0.05) is 28.1 Å². The monoisotopic (exact) mass is 416 g/mol. The first kappa shape index (κ1) is 16.4. The average Bonchev–Trinajstić information content (AvgIpc) is 3.22. The molecule has 2 aromatic heterocycles. The number of aromatic nitrogens is 2. The lowest BCUT2D eigenvalue weighted by molar-refractivity contribution is 0.182. The summed E-state index contributed by atoms with van der Waals surface area (Å²) in [6, 6.07) is 11.7. The van der Waals surface area contributed by atoms with E-state index in [0.29, 0.717) is 6.54 Å². The minimum atomic E-state index is -0.0884. The molecule has 0 unspecified atom stereocenters. The molecule has 0 saturated carbocycles. The summed E-state index contributed by atoms with van der Waals surface area (Å²) < 4.78 is 0.939. The van der Waals surface area contributed by atoms with Gasteiger partial charge < -0.3 is 10.2 Å². The number of thiophene rings is 1. The number of rotatable bonds is 2. The molecule has 7 heteroatoms. The summed E-state index contributed by atoms with van der Waals surface area (Å²) >= 11 is 5.09. The van der Waals surface area contributed by atoms with Gasteiger partial charge in [-0.25, -0.2) is 4.79 Å². The number of benzene rings is 1. The normalized spacial score (nSPS) is 16.6. The number of aromatic amines is 1. The number of nitrogens with zero attached hydrogens (tertiary/aromatic N) is 2. The molecule has 2 amide bonds. The number of nitrogens with one attached hydrogen (secondary N) is 2. The molecular weight excluding hydrogens is 400 g/mol. The van der Waals surface area contributed by atoms with Crippen molar-refractivity contribution in [1.82, 2.24) is 15.1 Å². The molecule has 1 aliphatic heterocycles. The van der Waals surface area contributed by atoms with Crippen molar-refractivity contribution in [1.29, 1.82) is 0 Å². The quantitative estimate of drug-likeness (QED) is 0.625. The second kappa shape index (κ2) is 6.65. The Morgan fingerprint density at radius 1 is 1.40 bits per heavy atom. The van der Waals surface area contributed by atoms with Gasteiger partial charge in [-0.3, -0.25) is 5.10 Å². The topological polar surface area (TPSA) is 61.0 Å². The molecule has 4 rings (SSSR count). The highest BCUT2D eigenvalue weighted by Gasteiger charge is 2.30. The third-order valence-corrected chi connectivity index (χ3v) is 5.77. The van der Waals surface area contributed by atoms with Gasteiger partial charge in [-0.05, 0) is 36.6 Å². The molecule has 0 saturated heterocycles. The van der Waals surface area contributed by atoms with Crippen molar-refractivity contribution in [3.8, 4) is 10.6 Å². The van der Waals surface area contributed by atoms with Crippen LogP contribution in [0.3, 0.4) is 0 Å². The van der Waals surface area contributed by atoms with Crippen LogP contribution in [0.2, 0.25) is 0 Å². The first-order valence-electron chi connectivity index (χ1n) is 8.05. The average molecular weight is 417 g/mol. The number of amides is 2. The lowest BCUT2D eigenvalue weighted by Crippen LogP contribution is -2.44. The van der Waals surface area contributed by atoms with E-state index in [1.807, 2.05) is 40.6 Å². The number of hydrogen-bond acceptors (Lipinski definition) is 3. The van der Waals surface area contributed by atoms with Gasteiger partial charge in [0.05, 0.1) is 11.4 Å². The van der Waals surface area contributed by atoms with E-state index in [1.165, 1.54) is 0 Å². The number of urea groups is 1. The Labute approximate surface area is 158 Å². The molecule has 0 aliphatic carbocycles. The number of anilines is 1.